The van der Waals surface area contributed by atoms with Crippen LogP contribution in [-0.4, -0.2) is 9.55 Å². The van der Waals surface area contributed by atoms with Gasteiger partial charge < -0.3 is 9.88 Å². The van der Waals surface area contributed by atoms with Crippen molar-refractivity contribution in [3.63, 3.8) is 0 Å². The lowest BCUT2D eigenvalue weighted by molar-refractivity contribution is 0.686. The highest BCUT2D eigenvalue weighted by Gasteiger charge is 2.03. The maximum absolute atomic E-state index is 4.37. The van der Waals surface area contributed by atoms with Crippen molar-refractivity contribution in [1.29, 1.82) is 0 Å². The first kappa shape index (κ1) is 13.2. The molecule has 102 valence electrons. The van der Waals surface area contributed by atoms with E-state index < -0.39 is 0 Å². The maximum atomic E-state index is 4.37. The molecule has 3 rings (SSSR count). The van der Waals surface area contributed by atoms with E-state index in [1.165, 1.54) is 10.8 Å². The maximum Gasteiger partial charge on any atom is 0.207 e. The Morgan fingerprint density at radius 2 is 1.95 bits per heavy atom. The first-order chi connectivity index (χ1) is 9.76. The summed E-state index contributed by atoms with van der Waals surface area (Å²) in [6, 6.07) is 12.6. The molecule has 0 atom stereocenters. The zero-order valence-corrected chi connectivity index (χ0v) is 12.9. The fourth-order valence-electron chi connectivity index (χ4n) is 2.28. The molecule has 0 aliphatic rings. The van der Waals surface area contributed by atoms with E-state index in [9.17, 15) is 0 Å². The Morgan fingerprint density at radius 3 is 2.80 bits per heavy atom. The number of anilines is 2. The molecule has 0 aliphatic heterocycles. The van der Waals surface area contributed by atoms with Crippen molar-refractivity contribution in [2.75, 3.05) is 5.32 Å². The van der Waals surface area contributed by atoms with Gasteiger partial charge in [-0.3, -0.25) is 0 Å². The number of nitrogens with zero attached hydrogens (tertiary/aromatic N) is 2. The largest absolute Gasteiger partial charge is 0.326 e. The highest BCUT2D eigenvalue weighted by Crippen LogP contribution is 2.24. The fraction of sp³-hybridized carbons (Fsp3) is 0.188. The van der Waals surface area contributed by atoms with Gasteiger partial charge in [0, 0.05) is 29.1 Å². The Hall–Kier alpha value is -1.81. The van der Waals surface area contributed by atoms with E-state index in [1.54, 1.807) is 0 Å². The molecule has 1 aromatic heterocycles. The van der Waals surface area contributed by atoms with Crippen LogP contribution in [0.1, 0.15) is 13.3 Å². The Kier molecular flexibility index (Phi) is 3.74. The summed E-state index contributed by atoms with van der Waals surface area (Å²) in [5, 5.41) is 5.82. The third-order valence-corrected chi connectivity index (χ3v) is 3.73. The summed E-state index contributed by atoms with van der Waals surface area (Å²) in [6.45, 7) is 3.14. The molecule has 0 fully saturated rings. The lowest BCUT2D eigenvalue weighted by Gasteiger charge is -2.09. The van der Waals surface area contributed by atoms with Gasteiger partial charge in [0.1, 0.15) is 0 Å². The summed E-state index contributed by atoms with van der Waals surface area (Å²) in [5.74, 6) is 0.892. The van der Waals surface area contributed by atoms with Gasteiger partial charge in [0.2, 0.25) is 5.95 Å². The van der Waals surface area contributed by atoms with Crippen LogP contribution in [0.4, 0.5) is 11.6 Å². The van der Waals surface area contributed by atoms with E-state index in [-0.39, 0.29) is 0 Å². The standard InChI is InChI=1S/C16H16BrN3/c1-2-8-20-9-7-18-16(20)19-15-6-4-12-10-14(17)5-3-13(12)11-15/h3-7,9-11H,2,8H2,1H3,(H,18,19). The molecule has 3 nitrogen and oxygen atoms in total. The van der Waals surface area contributed by atoms with Gasteiger partial charge in [-0.25, -0.2) is 4.98 Å². The predicted molar refractivity (Wildman–Crippen MR) is 87.4 cm³/mol. The third-order valence-electron chi connectivity index (χ3n) is 3.24. The number of aryl methyl sites for hydroxylation is 1. The molecule has 20 heavy (non-hydrogen) atoms. The minimum atomic E-state index is 0.892. The van der Waals surface area contributed by atoms with Gasteiger partial charge in [0.25, 0.3) is 0 Å². The van der Waals surface area contributed by atoms with Crippen molar-refractivity contribution in [3.05, 3.63) is 53.3 Å². The number of nitrogens with one attached hydrogen (secondary N) is 1. The van der Waals surface area contributed by atoms with Gasteiger partial charge in [-0.1, -0.05) is 35.0 Å². The van der Waals surface area contributed by atoms with Gasteiger partial charge in [-0.15, -0.1) is 0 Å². The van der Waals surface area contributed by atoms with Gasteiger partial charge in [-0.05, 0) is 41.5 Å². The van der Waals surface area contributed by atoms with Crippen LogP contribution < -0.4 is 5.32 Å². The van der Waals surface area contributed by atoms with Crippen LogP contribution in [0.3, 0.4) is 0 Å². The number of fused-ring (bicyclic) bond motifs is 1. The van der Waals surface area contributed by atoms with Crippen LogP contribution in [0.25, 0.3) is 10.8 Å². The van der Waals surface area contributed by atoms with Gasteiger partial charge in [0.15, 0.2) is 0 Å². The van der Waals surface area contributed by atoms with Crippen molar-refractivity contribution >= 4 is 38.3 Å². The molecule has 1 heterocycles. The van der Waals surface area contributed by atoms with Crippen molar-refractivity contribution < 1.29 is 0 Å². The van der Waals surface area contributed by atoms with E-state index in [0.717, 1.165) is 29.1 Å². The summed E-state index contributed by atoms with van der Waals surface area (Å²) < 4.78 is 3.23. The number of hydrogen-bond acceptors (Lipinski definition) is 2. The molecule has 2 aromatic carbocycles. The molecule has 0 saturated carbocycles. The number of rotatable bonds is 4. The van der Waals surface area contributed by atoms with Gasteiger partial charge in [-0.2, -0.15) is 0 Å². The quantitative estimate of drug-likeness (QED) is 0.733. The topological polar surface area (TPSA) is 29.9 Å². The van der Waals surface area contributed by atoms with Crippen LogP contribution in [0.15, 0.2) is 53.3 Å². The Balaban J connectivity index is 1.90. The summed E-state index contributed by atoms with van der Waals surface area (Å²) in [5.41, 5.74) is 1.06. The first-order valence-electron chi connectivity index (χ1n) is 6.74. The lowest BCUT2D eigenvalue weighted by Crippen LogP contribution is -2.02. The molecule has 0 bridgehead atoms. The molecule has 0 unspecified atom stereocenters. The molecule has 4 heteroatoms. The van der Waals surface area contributed by atoms with Crippen LogP contribution in [0.5, 0.6) is 0 Å². The second kappa shape index (κ2) is 5.67. The fourth-order valence-corrected chi connectivity index (χ4v) is 2.66. The van der Waals surface area contributed by atoms with Crippen molar-refractivity contribution in [2.45, 2.75) is 19.9 Å². The van der Waals surface area contributed by atoms with E-state index in [4.69, 9.17) is 0 Å². The summed E-state index contributed by atoms with van der Waals surface area (Å²) in [7, 11) is 0. The number of imidazole rings is 1. The van der Waals surface area contributed by atoms with Crippen molar-refractivity contribution in [1.82, 2.24) is 9.55 Å². The molecule has 0 radical (unpaired) electrons. The normalized spacial score (nSPS) is 10.9. The zero-order valence-electron chi connectivity index (χ0n) is 11.3. The zero-order chi connectivity index (χ0) is 13.9. The second-order valence-corrected chi connectivity index (χ2v) is 5.69. The van der Waals surface area contributed by atoms with Crippen molar-refractivity contribution in [3.8, 4) is 0 Å². The van der Waals surface area contributed by atoms with E-state index in [0.29, 0.717) is 0 Å². The molecule has 0 saturated heterocycles. The first-order valence-corrected chi connectivity index (χ1v) is 7.53. The molecule has 3 aromatic rings. The monoisotopic (exact) mass is 329 g/mol. The molecule has 0 amide bonds. The minimum absolute atomic E-state index is 0.892. The molecule has 0 aliphatic carbocycles. The smallest absolute Gasteiger partial charge is 0.207 e. The summed E-state index contributed by atoms with van der Waals surface area (Å²) in [4.78, 5) is 4.37. The van der Waals surface area contributed by atoms with Crippen LogP contribution in [0, 0.1) is 0 Å². The van der Waals surface area contributed by atoms with Gasteiger partial charge >= 0.3 is 0 Å². The van der Waals surface area contributed by atoms with Crippen LogP contribution >= 0.6 is 15.9 Å². The number of aromatic nitrogens is 2. The highest BCUT2D eigenvalue weighted by molar-refractivity contribution is 9.10. The molecule has 1 N–H and O–H groups in total. The van der Waals surface area contributed by atoms with Crippen LogP contribution in [-0.2, 0) is 6.54 Å². The summed E-state index contributed by atoms with van der Waals surface area (Å²) >= 11 is 3.50. The molecular weight excluding hydrogens is 314 g/mol. The third kappa shape index (κ3) is 2.70. The van der Waals surface area contributed by atoms with Gasteiger partial charge in [0.05, 0.1) is 0 Å². The SMILES string of the molecule is CCCn1ccnc1Nc1ccc2cc(Br)ccc2c1. The van der Waals surface area contributed by atoms with E-state index >= 15 is 0 Å². The molecular formula is C16H16BrN3. The average molecular weight is 330 g/mol. The number of benzene rings is 2. The predicted octanol–water partition coefficient (Wildman–Crippen LogP) is 4.95. The Morgan fingerprint density at radius 1 is 1.15 bits per heavy atom. The second-order valence-electron chi connectivity index (χ2n) is 4.78. The van der Waals surface area contributed by atoms with Crippen molar-refractivity contribution in [2.24, 2.45) is 0 Å². The average Bonchev–Trinajstić information content (AvgIpc) is 2.87. The van der Waals surface area contributed by atoms with E-state index in [2.05, 4.69) is 74.1 Å². The number of halogens is 1. The number of hydrogen-bond donors (Lipinski definition) is 1. The summed E-state index contributed by atoms with van der Waals surface area (Å²) in [6.07, 6.45) is 4.93. The Labute approximate surface area is 126 Å². The lowest BCUT2D eigenvalue weighted by atomic mass is 10.1. The Bertz CT molecular complexity index is 733. The van der Waals surface area contributed by atoms with Crippen LogP contribution in [0.2, 0.25) is 0 Å². The molecule has 0 spiro atoms. The minimum Gasteiger partial charge on any atom is -0.326 e. The highest BCUT2D eigenvalue weighted by atomic mass is 79.9. The van der Waals surface area contributed by atoms with E-state index in [1.807, 2.05) is 12.4 Å².